The lowest BCUT2D eigenvalue weighted by Gasteiger charge is -2.09. The number of nitrogens with zero attached hydrogens (tertiary/aromatic N) is 1. The van der Waals surface area contributed by atoms with Crippen LogP contribution in [0.1, 0.15) is 18.1 Å². The summed E-state index contributed by atoms with van der Waals surface area (Å²) in [6.07, 6.45) is 0.758. The molecule has 0 heterocycles. The summed E-state index contributed by atoms with van der Waals surface area (Å²) in [7, 11) is 0. The van der Waals surface area contributed by atoms with E-state index in [9.17, 15) is 9.59 Å². The van der Waals surface area contributed by atoms with Gasteiger partial charge in [0.2, 0.25) is 0 Å². The molecule has 0 spiro atoms. The average Bonchev–Trinajstić information content (AvgIpc) is 2.56. The summed E-state index contributed by atoms with van der Waals surface area (Å²) in [6.45, 7) is 1.97. The zero-order valence-electron chi connectivity index (χ0n) is 12.1. The molecule has 110 valence electrons. The predicted octanol–water partition coefficient (Wildman–Crippen LogP) is 2.70. The van der Waals surface area contributed by atoms with E-state index >= 15 is 0 Å². The van der Waals surface area contributed by atoms with Crippen molar-refractivity contribution < 1.29 is 9.59 Å². The van der Waals surface area contributed by atoms with E-state index in [1.807, 2.05) is 25.1 Å². The second kappa shape index (κ2) is 7.04. The second-order valence-corrected chi connectivity index (χ2v) is 4.61. The number of carbonyl (C=O) groups is 2. The largest absolute Gasteiger partial charge is 0.318 e. The summed E-state index contributed by atoms with van der Waals surface area (Å²) in [5, 5.41) is 13.8. The summed E-state index contributed by atoms with van der Waals surface area (Å²) in [5.74, 6) is -1.49. The van der Waals surface area contributed by atoms with E-state index in [4.69, 9.17) is 5.26 Å². The van der Waals surface area contributed by atoms with Crippen molar-refractivity contribution in [1.82, 2.24) is 0 Å². The molecule has 0 aliphatic carbocycles. The fourth-order valence-electron chi connectivity index (χ4n) is 1.95. The summed E-state index contributed by atoms with van der Waals surface area (Å²) >= 11 is 0. The van der Waals surface area contributed by atoms with Crippen LogP contribution in [0.25, 0.3) is 0 Å². The average molecular weight is 293 g/mol. The van der Waals surface area contributed by atoms with Crippen LogP contribution in [-0.2, 0) is 16.0 Å². The fourth-order valence-corrected chi connectivity index (χ4v) is 1.95. The molecule has 0 saturated carbocycles. The zero-order chi connectivity index (χ0) is 15.9. The van der Waals surface area contributed by atoms with Gasteiger partial charge >= 0.3 is 11.8 Å². The van der Waals surface area contributed by atoms with Gasteiger partial charge in [-0.15, -0.1) is 0 Å². The first-order valence-corrected chi connectivity index (χ1v) is 6.84. The Hall–Kier alpha value is -3.13. The second-order valence-electron chi connectivity index (χ2n) is 4.61. The van der Waals surface area contributed by atoms with E-state index in [1.54, 1.807) is 36.4 Å². The number of amides is 2. The molecule has 0 radical (unpaired) electrons. The lowest BCUT2D eigenvalue weighted by atomic mass is 10.1. The Labute approximate surface area is 128 Å². The minimum absolute atomic E-state index is 0.461. The maximum atomic E-state index is 11.9. The van der Waals surface area contributed by atoms with E-state index in [0.717, 1.165) is 12.0 Å². The van der Waals surface area contributed by atoms with Crippen LogP contribution >= 0.6 is 0 Å². The van der Waals surface area contributed by atoms with Crippen LogP contribution in [-0.4, -0.2) is 11.8 Å². The van der Waals surface area contributed by atoms with E-state index in [-0.39, 0.29) is 0 Å². The molecule has 2 rings (SSSR count). The Bertz CT molecular complexity index is 730. The number of nitrogens with one attached hydrogen (secondary N) is 2. The van der Waals surface area contributed by atoms with Gasteiger partial charge in [-0.25, -0.2) is 0 Å². The van der Waals surface area contributed by atoms with Crippen molar-refractivity contribution in [1.29, 1.82) is 5.26 Å². The molecule has 0 aliphatic heterocycles. The maximum absolute atomic E-state index is 11.9. The van der Waals surface area contributed by atoms with E-state index in [0.29, 0.717) is 16.9 Å². The van der Waals surface area contributed by atoms with Crippen LogP contribution in [0.2, 0.25) is 0 Å². The number of hydrogen-bond donors (Lipinski definition) is 2. The molecule has 0 unspecified atom stereocenters. The SMILES string of the molecule is CCc1ccccc1NC(=O)C(=O)Nc1ccc(C#N)cc1. The lowest BCUT2D eigenvalue weighted by Crippen LogP contribution is -2.29. The van der Waals surface area contributed by atoms with Gasteiger partial charge in [0, 0.05) is 11.4 Å². The zero-order valence-corrected chi connectivity index (χ0v) is 12.1. The molecule has 0 fully saturated rings. The highest BCUT2D eigenvalue weighted by molar-refractivity contribution is 6.43. The fraction of sp³-hybridized carbons (Fsp3) is 0.118. The van der Waals surface area contributed by atoms with Crippen LogP contribution in [0.4, 0.5) is 11.4 Å². The number of anilines is 2. The normalized spacial score (nSPS) is 9.64. The molecule has 0 bridgehead atoms. The predicted molar refractivity (Wildman–Crippen MR) is 84.2 cm³/mol. The van der Waals surface area contributed by atoms with Crippen LogP contribution in [0, 0.1) is 11.3 Å². The molecule has 5 nitrogen and oxygen atoms in total. The van der Waals surface area contributed by atoms with Crippen LogP contribution in [0.15, 0.2) is 48.5 Å². The monoisotopic (exact) mass is 293 g/mol. The van der Waals surface area contributed by atoms with Crippen molar-refractivity contribution >= 4 is 23.2 Å². The van der Waals surface area contributed by atoms with Crippen molar-refractivity contribution in [3.63, 3.8) is 0 Å². The van der Waals surface area contributed by atoms with Gasteiger partial charge in [-0.1, -0.05) is 25.1 Å². The molecular weight excluding hydrogens is 278 g/mol. The Morgan fingerprint density at radius 2 is 1.64 bits per heavy atom. The van der Waals surface area contributed by atoms with Crippen molar-refractivity contribution in [2.45, 2.75) is 13.3 Å². The number of benzene rings is 2. The molecule has 0 aliphatic rings. The molecular formula is C17H15N3O2. The van der Waals surface area contributed by atoms with E-state index in [1.165, 1.54) is 0 Å². The highest BCUT2D eigenvalue weighted by Crippen LogP contribution is 2.15. The van der Waals surface area contributed by atoms with Gasteiger partial charge in [-0.3, -0.25) is 9.59 Å². The Balaban J connectivity index is 2.03. The Morgan fingerprint density at radius 1 is 1.00 bits per heavy atom. The highest BCUT2D eigenvalue weighted by Gasteiger charge is 2.15. The van der Waals surface area contributed by atoms with Crippen molar-refractivity contribution in [2.24, 2.45) is 0 Å². The molecule has 22 heavy (non-hydrogen) atoms. The molecule has 0 atom stereocenters. The third kappa shape index (κ3) is 3.70. The molecule has 2 amide bonds. The van der Waals surface area contributed by atoms with Crippen LogP contribution in [0.5, 0.6) is 0 Å². The smallest absolute Gasteiger partial charge is 0.314 e. The van der Waals surface area contributed by atoms with Gasteiger partial charge in [-0.2, -0.15) is 5.26 Å². The molecule has 5 heteroatoms. The standard InChI is InChI=1S/C17H15N3O2/c1-2-13-5-3-4-6-15(13)20-17(22)16(21)19-14-9-7-12(11-18)8-10-14/h3-10H,2H2,1H3,(H,19,21)(H,20,22). The number of aryl methyl sites for hydroxylation is 1. The molecule has 2 N–H and O–H groups in total. The van der Waals surface area contributed by atoms with Crippen LogP contribution in [0.3, 0.4) is 0 Å². The molecule has 0 saturated heterocycles. The summed E-state index contributed by atoms with van der Waals surface area (Å²) in [6, 6.07) is 15.6. The first-order valence-electron chi connectivity index (χ1n) is 6.84. The lowest BCUT2D eigenvalue weighted by molar-refractivity contribution is -0.133. The van der Waals surface area contributed by atoms with Gasteiger partial charge in [0.1, 0.15) is 0 Å². The van der Waals surface area contributed by atoms with Crippen molar-refractivity contribution in [2.75, 3.05) is 10.6 Å². The van der Waals surface area contributed by atoms with Crippen molar-refractivity contribution in [3.8, 4) is 6.07 Å². The summed E-state index contributed by atoms with van der Waals surface area (Å²) in [5.41, 5.74) is 2.54. The first kappa shape index (κ1) is 15.3. The third-order valence-corrected chi connectivity index (χ3v) is 3.12. The summed E-state index contributed by atoms with van der Waals surface area (Å²) in [4.78, 5) is 23.8. The van der Waals surface area contributed by atoms with Gasteiger partial charge < -0.3 is 10.6 Å². The number of carbonyl (C=O) groups excluding carboxylic acids is 2. The number of para-hydroxylation sites is 1. The number of hydrogen-bond acceptors (Lipinski definition) is 3. The van der Waals surface area contributed by atoms with Gasteiger partial charge in [-0.05, 0) is 42.3 Å². The summed E-state index contributed by atoms with van der Waals surface area (Å²) < 4.78 is 0. The Morgan fingerprint density at radius 3 is 2.27 bits per heavy atom. The minimum Gasteiger partial charge on any atom is -0.318 e. The van der Waals surface area contributed by atoms with E-state index in [2.05, 4.69) is 10.6 Å². The molecule has 0 aromatic heterocycles. The van der Waals surface area contributed by atoms with Crippen molar-refractivity contribution in [3.05, 3.63) is 59.7 Å². The van der Waals surface area contributed by atoms with Crippen LogP contribution < -0.4 is 10.6 Å². The molecule has 2 aromatic rings. The topological polar surface area (TPSA) is 82.0 Å². The quantitative estimate of drug-likeness (QED) is 0.854. The van der Waals surface area contributed by atoms with E-state index < -0.39 is 11.8 Å². The highest BCUT2D eigenvalue weighted by atomic mass is 16.2. The third-order valence-electron chi connectivity index (χ3n) is 3.12. The maximum Gasteiger partial charge on any atom is 0.314 e. The minimum atomic E-state index is -0.754. The van der Waals surface area contributed by atoms with Gasteiger partial charge in [0.25, 0.3) is 0 Å². The number of nitriles is 1. The van der Waals surface area contributed by atoms with Gasteiger partial charge in [0.15, 0.2) is 0 Å². The number of rotatable bonds is 3. The Kier molecular flexibility index (Phi) is 4.89. The van der Waals surface area contributed by atoms with Gasteiger partial charge in [0.05, 0.1) is 11.6 Å². The first-order chi connectivity index (χ1) is 10.6. The molecule has 2 aromatic carbocycles.